The molecule has 1 aliphatic rings. The molecule has 6 heteroatoms. The number of para-hydroxylation sites is 2. The summed E-state index contributed by atoms with van der Waals surface area (Å²) < 4.78 is 11.3. The molecule has 138 valence electrons. The Bertz CT molecular complexity index is 950. The van der Waals surface area contributed by atoms with Gasteiger partial charge in [0.25, 0.3) is 5.91 Å². The van der Waals surface area contributed by atoms with Gasteiger partial charge in [-0.3, -0.25) is 10.1 Å². The van der Waals surface area contributed by atoms with Crippen molar-refractivity contribution in [3.05, 3.63) is 59.5 Å². The molecule has 0 radical (unpaired) electrons. The number of fused-ring (bicyclic) bond motifs is 1. The number of ether oxygens (including phenoxy) is 2. The van der Waals surface area contributed by atoms with E-state index in [-0.39, 0.29) is 12.5 Å². The fraction of sp³-hybridized carbons (Fsp3) is 0.238. The van der Waals surface area contributed by atoms with Gasteiger partial charge in [-0.05, 0) is 23.6 Å². The van der Waals surface area contributed by atoms with Crippen molar-refractivity contribution in [3.63, 3.8) is 0 Å². The van der Waals surface area contributed by atoms with Crippen molar-refractivity contribution in [3.8, 4) is 22.8 Å². The minimum absolute atomic E-state index is 0.178. The van der Waals surface area contributed by atoms with Gasteiger partial charge in [0.2, 0.25) is 6.10 Å². The lowest BCUT2D eigenvalue weighted by molar-refractivity contribution is -0.125. The van der Waals surface area contributed by atoms with Crippen molar-refractivity contribution in [2.24, 2.45) is 0 Å². The molecule has 4 rings (SSSR count). The van der Waals surface area contributed by atoms with Crippen LogP contribution >= 0.6 is 11.3 Å². The van der Waals surface area contributed by atoms with Crippen LogP contribution in [-0.4, -0.2) is 23.6 Å². The molecule has 1 atom stereocenters. The van der Waals surface area contributed by atoms with E-state index in [1.54, 1.807) is 6.07 Å². The largest absolute Gasteiger partial charge is 0.485 e. The summed E-state index contributed by atoms with van der Waals surface area (Å²) in [6, 6.07) is 15.7. The normalized spacial score (nSPS) is 15.6. The Kier molecular flexibility index (Phi) is 4.81. The zero-order valence-corrected chi connectivity index (χ0v) is 16.0. The van der Waals surface area contributed by atoms with Crippen LogP contribution in [0.4, 0.5) is 5.13 Å². The summed E-state index contributed by atoms with van der Waals surface area (Å²) in [4.78, 5) is 17.0. The van der Waals surface area contributed by atoms with Gasteiger partial charge in [-0.15, -0.1) is 11.3 Å². The number of benzene rings is 2. The number of carbonyl (C=O) groups excluding carboxylic acids is 1. The Labute approximate surface area is 162 Å². The van der Waals surface area contributed by atoms with Gasteiger partial charge in [0.15, 0.2) is 16.6 Å². The zero-order valence-electron chi connectivity index (χ0n) is 15.1. The quantitative estimate of drug-likeness (QED) is 0.712. The van der Waals surface area contributed by atoms with Crippen LogP contribution in [0, 0.1) is 0 Å². The Balaban J connectivity index is 1.43. The first-order valence-corrected chi connectivity index (χ1v) is 9.73. The van der Waals surface area contributed by atoms with E-state index in [4.69, 9.17) is 9.47 Å². The van der Waals surface area contributed by atoms with Crippen molar-refractivity contribution in [1.29, 1.82) is 0 Å². The van der Waals surface area contributed by atoms with Crippen molar-refractivity contribution in [2.45, 2.75) is 25.9 Å². The van der Waals surface area contributed by atoms with Crippen molar-refractivity contribution >= 4 is 22.4 Å². The molecule has 1 amide bonds. The maximum Gasteiger partial charge on any atom is 0.270 e. The molecule has 1 aliphatic heterocycles. The number of thiazole rings is 1. The first kappa shape index (κ1) is 17.5. The summed E-state index contributed by atoms with van der Waals surface area (Å²) in [6.07, 6.45) is -0.697. The summed E-state index contributed by atoms with van der Waals surface area (Å²) in [5.41, 5.74) is 3.16. The molecule has 0 fully saturated rings. The predicted molar refractivity (Wildman–Crippen MR) is 107 cm³/mol. The number of carbonyl (C=O) groups is 1. The van der Waals surface area contributed by atoms with Crippen LogP contribution in [0.2, 0.25) is 0 Å². The first-order valence-electron chi connectivity index (χ1n) is 8.85. The number of rotatable bonds is 4. The summed E-state index contributed by atoms with van der Waals surface area (Å²) in [5, 5.41) is 5.31. The third-order valence-corrected chi connectivity index (χ3v) is 5.17. The third-order valence-electron chi connectivity index (χ3n) is 4.41. The SMILES string of the molecule is CC(C)c1ccc(-c2csc(NC(=O)C3COc4ccccc4O3)n2)cc1. The van der Waals surface area contributed by atoms with Gasteiger partial charge >= 0.3 is 0 Å². The fourth-order valence-electron chi connectivity index (χ4n) is 2.84. The second-order valence-corrected chi connectivity index (χ2v) is 7.53. The van der Waals surface area contributed by atoms with E-state index in [2.05, 4.69) is 48.4 Å². The molecular weight excluding hydrogens is 360 g/mol. The van der Waals surface area contributed by atoms with Crippen molar-refractivity contribution in [1.82, 2.24) is 4.98 Å². The third kappa shape index (κ3) is 3.80. The number of aromatic nitrogens is 1. The van der Waals surface area contributed by atoms with Crippen LogP contribution in [0.5, 0.6) is 11.5 Å². The summed E-state index contributed by atoms with van der Waals surface area (Å²) in [6.45, 7) is 4.51. The molecule has 5 nitrogen and oxygen atoms in total. The minimum Gasteiger partial charge on any atom is -0.485 e. The van der Waals surface area contributed by atoms with Gasteiger partial charge in [-0.2, -0.15) is 0 Å². The smallest absolute Gasteiger partial charge is 0.270 e. The van der Waals surface area contributed by atoms with Crippen LogP contribution in [0.25, 0.3) is 11.3 Å². The first-order chi connectivity index (χ1) is 13.1. The van der Waals surface area contributed by atoms with Crippen molar-refractivity contribution in [2.75, 3.05) is 11.9 Å². The van der Waals surface area contributed by atoms with Crippen LogP contribution in [0.1, 0.15) is 25.3 Å². The molecule has 0 spiro atoms. The van der Waals surface area contributed by atoms with Crippen molar-refractivity contribution < 1.29 is 14.3 Å². The van der Waals surface area contributed by atoms with E-state index in [0.29, 0.717) is 22.5 Å². The molecule has 1 aromatic heterocycles. The molecule has 0 bridgehead atoms. The molecule has 0 aliphatic carbocycles. The van der Waals surface area contributed by atoms with E-state index in [9.17, 15) is 4.79 Å². The highest BCUT2D eigenvalue weighted by atomic mass is 32.1. The topological polar surface area (TPSA) is 60.5 Å². The highest BCUT2D eigenvalue weighted by Crippen LogP contribution is 2.31. The standard InChI is InChI=1S/C21H20N2O3S/c1-13(2)14-7-9-15(10-8-14)16-12-27-21(22-16)23-20(24)19-11-25-17-5-3-4-6-18(17)26-19/h3-10,12-13,19H,11H2,1-2H3,(H,22,23,24). The summed E-state index contributed by atoms with van der Waals surface area (Å²) in [5.74, 6) is 1.46. The summed E-state index contributed by atoms with van der Waals surface area (Å²) in [7, 11) is 0. The Hall–Kier alpha value is -2.86. The second-order valence-electron chi connectivity index (χ2n) is 6.67. The lowest BCUT2D eigenvalue weighted by atomic mass is 10.0. The van der Waals surface area contributed by atoms with E-state index in [1.807, 2.05) is 23.6 Å². The van der Waals surface area contributed by atoms with Gasteiger partial charge in [-0.25, -0.2) is 4.98 Å². The van der Waals surface area contributed by atoms with Gasteiger partial charge in [-0.1, -0.05) is 50.2 Å². The van der Waals surface area contributed by atoms with Gasteiger partial charge in [0.1, 0.15) is 6.61 Å². The molecule has 0 saturated carbocycles. The van der Waals surface area contributed by atoms with Crippen LogP contribution in [0.3, 0.4) is 0 Å². The summed E-state index contributed by atoms with van der Waals surface area (Å²) >= 11 is 1.39. The highest BCUT2D eigenvalue weighted by molar-refractivity contribution is 7.14. The van der Waals surface area contributed by atoms with Crippen LogP contribution in [0.15, 0.2) is 53.9 Å². The average Bonchev–Trinajstić information content (AvgIpc) is 3.16. The Morgan fingerprint density at radius 3 is 2.63 bits per heavy atom. The average molecular weight is 380 g/mol. The maximum atomic E-state index is 12.5. The number of hydrogen-bond donors (Lipinski definition) is 1. The van der Waals surface area contributed by atoms with E-state index < -0.39 is 6.10 Å². The molecule has 1 unspecified atom stereocenters. The molecule has 2 heterocycles. The Morgan fingerprint density at radius 2 is 1.89 bits per heavy atom. The van der Waals surface area contributed by atoms with Gasteiger partial charge in [0, 0.05) is 10.9 Å². The second kappa shape index (κ2) is 7.40. The molecule has 0 saturated heterocycles. The number of anilines is 1. The zero-order chi connectivity index (χ0) is 18.8. The monoisotopic (exact) mass is 380 g/mol. The molecule has 2 aromatic carbocycles. The molecular formula is C21H20N2O3S. The van der Waals surface area contributed by atoms with Gasteiger partial charge in [0.05, 0.1) is 5.69 Å². The number of amides is 1. The predicted octanol–water partition coefficient (Wildman–Crippen LogP) is 4.71. The lowest BCUT2D eigenvalue weighted by Crippen LogP contribution is -2.40. The van der Waals surface area contributed by atoms with Crippen LogP contribution < -0.4 is 14.8 Å². The van der Waals surface area contributed by atoms with E-state index in [1.165, 1.54) is 16.9 Å². The minimum atomic E-state index is -0.697. The molecule has 27 heavy (non-hydrogen) atoms. The lowest BCUT2D eigenvalue weighted by Gasteiger charge is -2.25. The van der Waals surface area contributed by atoms with E-state index >= 15 is 0 Å². The van der Waals surface area contributed by atoms with Crippen LogP contribution in [-0.2, 0) is 4.79 Å². The molecule has 1 N–H and O–H groups in total. The number of nitrogens with one attached hydrogen (secondary N) is 1. The molecule has 3 aromatic rings. The number of nitrogens with zero attached hydrogens (tertiary/aromatic N) is 1. The van der Waals surface area contributed by atoms with Gasteiger partial charge < -0.3 is 9.47 Å². The maximum absolute atomic E-state index is 12.5. The Morgan fingerprint density at radius 1 is 1.15 bits per heavy atom. The highest BCUT2D eigenvalue weighted by Gasteiger charge is 2.27. The van der Waals surface area contributed by atoms with E-state index in [0.717, 1.165) is 11.3 Å². The fourth-order valence-corrected chi connectivity index (χ4v) is 3.56. The number of hydrogen-bond acceptors (Lipinski definition) is 5.